The molecule has 2 aliphatic rings. The second kappa shape index (κ2) is 8.46. The summed E-state index contributed by atoms with van der Waals surface area (Å²) in [6, 6.07) is 6.52. The first-order valence-electron chi connectivity index (χ1n) is 9.70. The fraction of sp³-hybridized carbons (Fsp3) is 0.524. The van der Waals surface area contributed by atoms with Crippen LogP contribution in [0.25, 0.3) is 0 Å². The van der Waals surface area contributed by atoms with E-state index in [1.165, 1.54) is 6.42 Å². The van der Waals surface area contributed by atoms with Crippen LogP contribution in [-0.4, -0.2) is 24.2 Å². The summed E-state index contributed by atoms with van der Waals surface area (Å²) in [7, 11) is 0. The Morgan fingerprint density at radius 1 is 1.15 bits per heavy atom. The highest BCUT2D eigenvalue weighted by atomic mass is 16.5. The van der Waals surface area contributed by atoms with E-state index in [4.69, 9.17) is 9.47 Å². The molecule has 1 fully saturated rings. The summed E-state index contributed by atoms with van der Waals surface area (Å²) in [6.07, 6.45) is 5.08. The average molecular weight is 372 g/mol. The molecule has 3 rings (SSSR count). The number of ether oxygens (including phenoxy) is 2. The van der Waals surface area contributed by atoms with Gasteiger partial charge in [0.15, 0.2) is 0 Å². The van der Waals surface area contributed by atoms with Crippen molar-refractivity contribution in [3.63, 3.8) is 0 Å². The molecule has 1 aliphatic heterocycles. The van der Waals surface area contributed by atoms with Crippen molar-refractivity contribution >= 4 is 12.0 Å². The number of urea groups is 1. The van der Waals surface area contributed by atoms with Crippen LogP contribution in [0.5, 0.6) is 5.75 Å². The number of hydrogen-bond acceptors (Lipinski definition) is 4. The largest absolute Gasteiger partial charge is 0.491 e. The maximum absolute atomic E-state index is 13.0. The first-order valence-corrected chi connectivity index (χ1v) is 9.70. The Labute approximate surface area is 160 Å². The van der Waals surface area contributed by atoms with Gasteiger partial charge < -0.3 is 20.1 Å². The van der Waals surface area contributed by atoms with E-state index in [1.54, 1.807) is 6.92 Å². The van der Waals surface area contributed by atoms with Gasteiger partial charge in [0.2, 0.25) is 0 Å². The van der Waals surface area contributed by atoms with Gasteiger partial charge in [-0.05, 0) is 52.5 Å². The summed E-state index contributed by atoms with van der Waals surface area (Å²) in [6.45, 7) is 5.61. The van der Waals surface area contributed by atoms with E-state index in [1.807, 2.05) is 38.1 Å². The minimum atomic E-state index is -0.607. The second-order valence-corrected chi connectivity index (χ2v) is 7.44. The fourth-order valence-electron chi connectivity index (χ4n) is 3.68. The Kier molecular flexibility index (Phi) is 6.04. The van der Waals surface area contributed by atoms with E-state index in [0.717, 1.165) is 31.2 Å². The molecule has 146 valence electrons. The number of nitrogens with one attached hydrogen (secondary N) is 2. The lowest BCUT2D eigenvalue weighted by molar-refractivity contribution is -0.146. The SMILES string of the molecule is CC1=C(C(=O)OC2CCCCC2)[C@H](c2ccccc2OC(C)C)NC(=O)N1. The van der Waals surface area contributed by atoms with E-state index in [2.05, 4.69) is 10.6 Å². The van der Waals surface area contributed by atoms with Crippen LogP contribution in [0, 0.1) is 0 Å². The van der Waals surface area contributed by atoms with Crippen molar-refractivity contribution in [1.29, 1.82) is 0 Å². The van der Waals surface area contributed by atoms with Crippen LogP contribution in [0.2, 0.25) is 0 Å². The molecule has 1 aromatic rings. The van der Waals surface area contributed by atoms with E-state index in [-0.39, 0.29) is 24.2 Å². The van der Waals surface area contributed by atoms with Crippen LogP contribution >= 0.6 is 0 Å². The number of amides is 2. The lowest BCUT2D eigenvalue weighted by Crippen LogP contribution is -2.45. The van der Waals surface area contributed by atoms with Crippen LogP contribution in [0.15, 0.2) is 35.5 Å². The van der Waals surface area contributed by atoms with Gasteiger partial charge >= 0.3 is 12.0 Å². The lowest BCUT2D eigenvalue weighted by atomic mass is 9.94. The molecule has 0 aromatic heterocycles. The van der Waals surface area contributed by atoms with Crippen LogP contribution in [-0.2, 0) is 9.53 Å². The number of benzene rings is 1. The molecule has 27 heavy (non-hydrogen) atoms. The highest BCUT2D eigenvalue weighted by Gasteiger charge is 2.35. The number of carbonyl (C=O) groups excluding carboxylic acids is 2. The zero-order chi connectivity index (χ0) is 19.4. The Hall–Kier alpha value is -2.50. The minimum Gasteiger partial charge on any atom is -0.491 e. The number of allylic oxidation sites excluding steroid dienone is 1. The molecular formula is C21H28N2O4. The molecule has 1 atom stereocenters. The molecule has 0 unspecified atom stereocenters. The van der Waals surface area contributed by atoms with E-state index in [9.17, 15) is 9.59 Å². The van der Waals surface area contributed by atoms with Gasteiger partial charge in [-0.3, -0.25) is 0 Å². The molecule has 1 saturated carbocycles. The maximum atomic E-state index is 13.0. The highest BCUT2D eigenvalue weighted by molar-refractivity contribution is 5.95. The van der Waals surface area contributed by atoms with Gasteiger partial charge in [-0.15, -0.1) is 0 Å². The van der Waals surface area contributed by atoms with E-state index >= 15 is 0 Å². The van der Waals surface area contributed by atoms with Gasteiger partial charge in [-0.25, -0.2) is 9.59 Å². The number of para-hydroxylation sites is 1. The molecule has 2 amide bonds. The van der Waals surface area contributed by atoms with Crippen LogP contribution in [0.3, 0.4) is 0 Å². The van der Waals surface area contributed by atoms with Gasteiger partial charge in [0.1, 0.15) is 11.9 Å². The van der Waals surface area contributed by atoms with Gasteiger partial charge in [0.05, 0.1) is 17.7 Å². The van der Waals surface area contributed by atoms with Crippen LogP contribution in [0.4, 0.5) is 4.79 Å². The summed E-state index contributed by atoms with van der Waals surface area (Å²) in [5.74, 6) is 0.270. The fourth-order valence-corrected chi connectivity index (χ4v) is 3.68. The Morgan fingerprint density at radius 3 is 2.56 bits per heavy atom. The Morgan fingerprint density at radius 2 is 1.85 bits per heavy atom. The molecule has 0 spiro atoms. The molecule has 2 N–H and O–H groups in total. The minimum absolute atomic E-state index is 0.0220. The van der Waals surface area contributed by atoms with Crippen molar-refractivity contribution in [1.82, 2.24) is 10.6 Å². The Balaban J connectivity index is 1.91. The van der Waals surface area contributed by atoms with Gasteiger partial charge in [-0.2, -0.15) is 0 Å². The zero-order valence-electron chi connectivity index (χ0n) is 16.2. The molecule has 6 heteroatoms. The van der Waals surface area contributed by atoms with Gasteiger partial charge in [0, 0.05) is 11.3 Å². The predicted octanol–water partition coefficient (Wildman–Crippen LogP) is 3.98. The van der Waals surface area contributed by atoms with Gasteiger partial charge in [0.25, 0.3) is 0 Å². The third-order valence-corrected chi connectivity index (χ3v) is 4.91. The Bertz CT molecular complexity index is 735. The smallest absolute Gasteiger partial charge is 0.338 e. The summed E-state index contributed by atoms with van der Waals surface area (Å²) < 4.78 is 11.7. The van der Waals surface area contributed by atoms with Crippen molar-refractivity contribution in [3.05, 3.63) is 41.1 Å². The van der Waals surface area contributed by atoms with Crippen LogP contribution in [0.1, 0.15) is 64.5 Å². The third kappa shape index (κ3) is 4.62. The third-order valence-electron chi connectivity index (χ3n) is 4.91. The van der Waals surface area contributed by atoms with Crippen molar-refractivity contribution in [3.8, 4) is 5.75 Å². The summed E-state index contributed by atoms with van der Waals surface area (Å²) >= 11 is 0. The number of hydrogen-bond donors (Lipinski definition) is 2. The standard InChI is InChI=1S/C21H28N2O4/c1-13(2)26-17-12-8-7-11-16(17)19-18(14(3)22-21(25)23-19)20(24)27-15-9-5-4-6-10-15/h7-8,11-13,15,19H,4-6,9-10H2,1-3H3,(H2,22,23,25)/t19-/m0/s1. The predicted molar refractivity (Wildman–Crippen MR) is 102 cm³/mol. The lowest BCUT2D eigenvalue weighted by Gasteiger charge is -2.31. The van der Waals surface area contributed by atoms with Crippen molar-refractivity contribution in [2.24, 2.45) is 0 Å². The number of carbonyl (C=O) groups is 2. The van der Waals surface area contributed by atoms with Crippen molar-refractivity contribution in [2.45, 2.75) is 71.1 Å². The first kappa shape index (κ1) is 19.3. The van der Waals surface area contributed by atoms with Crippen LogP contribution < -0.4 is 15.4 Å². The summed E-state index contributed by atoms with van der Waals surface area (Å²) in [5, 5.41) is 5.55. The van der Waals surface area contributed by atoms with E-state index in [0.29, 0.717) is 17.0 Å². The quantitative estimate of drug-likeness (QED) is 0.767. The zero-order valence-corrected chi connectivity index (χ0v) is 16.2. The topological polar surface area (TPSA) is 76.7 Å². The molecule has 0 radical (unpaired) electrons. The number of rotatable bonds is 5. The van der Waals surface area contributed by atoms with Gasteiger partial charge in [-0.1, -0.05) is 24.6 Å². The molecule has 1 heterocycles. The number of esters is 1. The first-order chi connectivity index (χ1) is 13.0. The van der Waals surface area contributed by atoms with E-state index < -0.39 is 6.04 Å². The molecule has 0 saturated heterocycles. The highest BCUT2D eigenvalue weighted by Crippen LogP contribution is 2.34. The molecule has 0 bridgehead atoms. The van der Waals surface area contributed by atoms with Crippen molar-refractivity contribution < 1.29 is 19.1 Å². The summed E-state index contributed by atoms with van der Waals surface area (Å²) in [5.41, 5.74) is 1.69. The monoisotopic (exact) mass is 372 g/mol. The molecular weight excluding hydrogens is 344 g/mol. The summed E-state index contributed by atoms with van der Waals surface area (Å²) in [4.78, 5) is 25.1. The average Bonchev–Trinajstić information content (AvgIpc) is 2.61. The van der Waals surface area contributed by atoms with Crippen molar-refractivity contribution in [2.75, 3.05) is 0 Å². The maximum Gasteiger partial charge on any atom is 0.338 e. The molecule has 6 nitrogen and oxygen atoms in total. The normalized spacial score (nSPS) is 20.9. The second-order valence-electron chi connectivity index (χ2n) is 7.44. The molecule has 1 aromatic carbocycles. The molecule has 1 aliphatic carbocycles.